The number of carbonyl (C=O) groups is 1. The number of thiophene rings is 1. The zero-order chi connectivity index (χ0) is 9.97. The first kappa shape index (κ1) is 9.16. The molecule has 1 aromatic heterocycles. The Kier molecular flexibility index (Phi) is 2.46. The van der Waals surface area contributed by atoms with Crippen LogP contribution in [0.1, 0.15) is 12.5 Å². The Morgan fingerprint density at radius 2 is 2.14 bits per heavy atom. The first-order chi connectivity index (χ1) is 6.81. The minimum atomic E-state index is 0.758. The second kappa shape index (κ2) is 3.76. The maximum absolute atomic E-state index is 10.5. The third-order valence-electron chi connectivity index (χ3n) is 2.08. The van der Waals surface area contributed by atoms with Crippen molar-refractivity contribution in [3.05, 3.63) is 40.8 Å². The van der Waals surface area contributed by atoms with E-state index in [4.69, 9.17) is 0 Å². The summed E-state index contributed by atoms with van der Waals surface area (Å²) in [6.07, 6.45) is 2.80. The standard InChI is InChI=1S/C12H10OS/c1-9(7-13)6-10-8-14-12-5-3-2-4-11(10)12/h2-8H,1H3. The summed E-state index contributed by atoms with van der Waals surface area (Å²) >= 11 is 1.71. The molecule has 14 heavy (non-hydrogen) atoms. The van der Waals surface area contributed by atoms with Gasteiger partial charge in [0.05, 0.1) is 0 Å². The van der Waals surface area contributed by atoms with Gasteiger partial charge in [0.1, 0.15) is 6.29 Å². The summed E-state index contributed by atoms with van der Waals surface area (Å²) in [5.74, 6) is 0. The average molecular weight is 202 g/mol. The molecule has 0 N–H and O–H groups in total. The second-order valence-corrected chi connectivity index (χ2v) is 4.10. The number of carbonyl (C=O) groups excluding carboxylic acids is 1. The molecule has 1 aromatic carbocycles. The molecule has 2 heteroatoms. The number of hydrogen-bond acceptors (Lipinski definition) is 2. The molecule has 0 atom stereocenters. The van der Waals surface area contributed by atoms with Crippen LogP contribution in [0.3, 0.4) is 0 Å². The molecule has 0 spiro atoms. The molecular weight excluding hydrogens is 192 g/mol. The van der Waals surface area contributed by atoms with Crippen LogP contribution in [0.4, 0.5) is 0 Å². The predicted molar refractivity (Wildman–Crippen MR) is 61.5 cm³/mol. The van der Waals surface area contributed by atoms with Gasteiger partial charge in [-0.2, -0.15) is 0 Å². The summed E-state index contributed by atoms with van der Waals surface area (Å²) in [7, 11) is 0. The van der Waals surface area contributed by atoms with Crippen LogP contribution < -0.4 is 0 Å². The van der Waals surface area contributed by atoms with Gasteiger partial charge in [0.15, 0.2) is 0 Å². The maximum atomic E-state index is 10.5. The van der Waals surface area contributed by atoms with Crippen LogP contribution in [0.2, 0.25) is 0 Å². The molecule has 1 nitrogen and oxygen atoms in total. The molecule has 1 heterocycles. The lowest BCUT2D eigenvalue weighted by Crippen LogP contribution is -1.75. The molecule has 0 radical (unpaired) electrons. The Morgan fingerprint density at radius 3 is 2.93 bits per heavy atom. The third kappa shape index (κ3) is 1.61. The number of hydrogen-bond donors (Lipinski definition) is 0. The Bertz CT molecular complexity index is 494. The van der Waals surface area contributed by atoms with Gasteiger partial charge in [0.2, 0.25) is 0 Å². The molecule has 0 aliphatic carbocycles. The summed E-state index contributed by atoms with van der Waals surface area (Å²) in [6, 6.07) is 8.21. The maximum Gasteiger partial charge on any atom is 0.145 e. The minimum Gasteiger partial charge on any atom is -0.298 e. The number of benzene rings is 1. The molecule has 70 valence electrons. The normalized spacial score (nSPS) is 11.9. The van der Waals surface area contributed by atoms with E-state index in [1.165, 1.54) is 10.1 Å². The first-order valence-electron chi connectivity index (χ1n) is 4.41. The highest BCUT2D eigenvalue weighted by Crippen LogP contribution is 2.26. The van der Waals surface area contributed by atoms with E-state index in [0.29, 0.717) is 0 Å². The van der Waals surface area contributed by atoms with E-state index in [1.807, 2.05) is 25.1 Å². The van der Waals surface area contributed by atoms with Crippen LogP contribution in [0, 0.1) is 0 Å². The fourth-order valence-corrected chi connectivity index (χ4v) is 2.31. The van der Waals surface area contributed by atoms with Crippen LogP contribution >= 0.6 is 11.3 Å². The highest BCUT2D eigenvalue weighted by Gasteiger charge is 2.00. The minimum absolute atomic E-state index is 0.758. The largest absolute Gasteiger partial charge is 0.298 e. The van der Waals surface area contributed by atoms with Crippen LogP contribution in [-0.4, -0.2) is 6.29 Å². The highest BCUT2D eigenvalue weighted by molar-refractivity contribution is 7.17. The topological polar surface area (TPSA) is 17.1 Å². The number of aldehydes is 1. The number of fused-ring (bicyclic) bond motifs is 1. The van der Waals surface area contributed by atoms with Gasteiger partial charge in [-0.25, -0.2) is 0 Å². The van der Waals surface area contributed by atoms with E-state index in [-0.39, 0.29) is 0 Å². The summed E-state index contributed by atoms with van der Waals surface area (Å²) in [5.41, 5.74) is 1.89. The van der Waals surface area contributed by atoms with Gasteiger partial charge in [-0.15, -0.1) is 11.3 Å². The van der Waals surface area contributed by atoms with E-state index in [0.717, 1.165) is 17.4 Å². The van der Waals surface area contributed by atoms with Gasteiger partial charge >= 0.3 is 0 Å². The van der Waals surface area contributed by atoms with Crippen molar-refractivity contribution >= 4 is 33.8 Å². The van der Waals surface area contributed by atoms with E-state index < -0.39 is 0 Å². The van der Waals surface area contributed by atoms with Crippen molar-refractivity contribution < 1.29 is 4.79 Å². The Morgan fingerprint density at radius 1 is 1.36 bits per heavy atom. The van der Waals surface area contributed by atoms with Gasteiger partial charge in [-0.05, 0) is 41.0 Å². The van der Waals surface area contributed by atoms with Crippen molar-refractivity contribution in [3.63, 3.8) is 0 Å². The molecule has 0 bridgehead atoms. The molecule has 2 rings (SSSR count). The van der Waals surface area contributed by atoms with Crippen molar-refractivity contribution in [1.29, 1.82) is 0 Å². The Balaban J connectivity index is 2.59. The summed E-state index contributed by atoms with van der Waals surface area (Å²) < 4.78 is 1.26. The van der Waals surface area contributed by atoms with Gasteiger partial charge in [0, 0.05) is 4.70 Å². The van der Waals surface area contributed by atoms with E-state index >= 15 is 0 Å². The molecule has 0 unspecified atom stereocenters. The lowest BCUT2D eigenvalue weighted by atomic mass is 10.1. The van der Waals surface area contributed by atoms with Gasteiger partial charge < -0.3 is 0 Å². The van der Waals surface area contributed by atoms with Gasteiger partial charge in [-0.3, -0.25) is 4.79 Å². The second-order valence-electron chi connectivity index (χ2n) is 3.19. The van der Waals surface area contributed by atoms with Crippen molar-refractivity contribution in [3.8, 4) is 0 Å². The van der Waals surface area contributed by atoms with Gasteiger partial charge in [-0.1, -0.05) is 18.2 Å². The molecular formula is C12H10OS. The van der Waals surface area contributed by atoms with Crippen molar-refractivity contribution in [2.75, 3.05) is 0 Å². The Hall–Kier alpha value is -1.41. The van der Waals surface area contributed by atoms with Gasteiger partial charge in [0.25, 0.3) is 0 Å². The Labute approximate surface area is 86.7 Å². The molecule has 0 fully saturated rings. The monoisotopic (exact) mass is 202 g/mol. The third-order valence-corrected chi connectivity index (χ3v) is 3.06. The molecule has 0 aliphatic rings. The molecule has 2 aromatic rings. The average Bonchev–Trinajstić information content (AvgIpc) is 2.62. The zero-order valence-corrected chi connectivity index (χ0v) is 8.67. The lowest BCUT2D eigenvalue weighted by molar-refractivity contribution is -0.104. The molecule has 0 saturated carbocycles. The number of allylic oxidation sites excluding steroid dienone is 1. The van der Waals surface area contributed by atoms with Crippen LogP contribution in [-0.2, 0) is 4.79 Å². The fourth-order valence-electron chi connectivity index (χ4n) is 1.39. The first-order valence-corrected chi connectivity index (χ1v) is 5.29. The van der Waals surface area contributed by atoms with E-state index in [2.05, 4.69) is 17.5 Å². The lowest BCUT2D eigenvalue weighted by Gasteiger charge is -1.91. The van der Waals surface area contributed by atoms with E-state index in [9.17, 15) is 4.79 Å². The smallest absolute Gasteiger partial charge is 0.145 e. The fraction of sp³-hybridized carbons (Fsp3) is 0.0833. The molecule has 0 saturated heterocycles. The quantitative estimate of drug-likeness (QED) is 0.538. The summed E-state index contributed by atoms with van der Waals surface area (Å²) in [5, 5.41) is 3.30. The number of rotatable bonds is 2. The summed E-state index contributed by atoms with van der Waals surface area (Å²) in [4.78, 5) is 10.5. The van der Waals surface area contributed by atoms with Crippen LogP contribution in [0.5, 0.6) is 0 Å². The van der Waals surface area contributed by atoms with Crippen molar-refractivity contribution in [2.24, 2.45) is 0 Å². The van der Waals surface area contributed by atoms with E-state index in [1.54, 1.807) is 11.3 Å². The molecule has 0 aliphatic heterocycles. The highest BCUT2D eigenvalue weighted by atomic mass is 32.1. The van der Waals surface area contributed by atoms with Crippen LogP contribution in [0.25, 0.3) is 16.2 Å². The predicted octanol–water partition coefficient (Wildman–Crippen LogP) is 3.50. The van der Waals surface area contributed by atoms with Crippen molar-refractivity contribution in [2.45, 2.75) is 6.92 Å². The summed E-state index contributed by atoms with van der Waals surface area (Å²) in [6.45, 7) is 1.82. The zero-order valence-electron chi connectivity index (χ0n) is 7.86. The van der Waals surface area contributed by atoms with Crippen LogP contribution in [0.15, 0.2) is 35.2 Å². The SMILES string of the molecule is CC(C=O)=Cc1csc2ccccc12. The molecule has 0 amide bonds. The van der Waals surface area contributed by atoms with Crippen molar-refractivity contribution in [1.82, 2.24) is 0 Å².